The summed E-state index contributed by atoms with van der Waals surface area (Å²) < 4.78 is 1.13. The summed E-state index contributed by atoms with van der Waals surface area (Å²) in [4.78, 5) is 27.7. The number of hydrogen-bond acceptors (Lipinski definition) is 2. The monoisotopic (exact) mass is 476 g/mol. The predicted octanol–water partition coefficient (Wildman–Crippen LogP) is 4.54. The Balaban J connectivity index is 1.86. The molecular weight excluding hydrogens is 451 g/mol. The van der Waals surface area contributed by atoms with Gasteiger partial charge < -0.3 is 10.2 Å². The van der Waals surface area contributed by atoms with Crippen molar-refractivity contribution >= 4 is 40.1 Å². The average molecular weight is 476 g/mol. The summed E-state index contributed by atoms with van der Waals surface area (Å²) >= 11 is 2.26. The number of nitrogens with zero attached hydrogens (tertiary/aromatic N) is 1. The highest BCUT2D eigenvalue weighted by Gasteiger charge is 2.34. The number of rotatable bonds is 4. The fourth-order valence-electron chi connectivity index (χ4n) is 3.47. The van der Waals surface area contributed by atoms with Crippen LogP contribution in [0.4, 0.5) is 5.69 Å². The Hall–Kier alpha value is -1.89. The number of hydrogen-bond donors (Lipinski definition) is 1. The molecule has 0 saturated carbocycles. The van der Waals surface area contributed by atoms with Crippen LogP contribution in [0.3, 0.4) is 0 Å². The van der Waals surface area contributed by atoms with Crippen LogP contribution in [-0.4, -0.2) is 22.8 Å². The van der Waals surface area contributed by atoms with E-state index in [1.165, 1.54) is 0 Å². The van der Waals surface area contributed by atoms with E-state index in [-0.39, 0.29) is 17.7 Å². The van der Waals surface area contributed by atoms with E-state index in [2.05, 4.69) is 34.0 Å². The molecule has 142 valence electrons. The molecule has 1 N–H and O–H groups in total. The Kier molecular flexibility index (Phi) is 6.19. The predicted molar refractivity (Wildman–Crippen MR) is 116 cm³/mol. The zero-order chi connectivity index (χ0) is 19.6. The highest BCUT2D eigenvalue weighted by Crippen LogP contribution is 2.26. The molecule has 27 heavy (non-hydrogen) atoms. The van der Waals surface area contributed by atoms with Gasteiger partial charge in [0.1, 0.15) is 6.04 Å². The number of nitrogens with one attached hydrogen (secondary N) is 1. The van der Waals surface area contributed by atoms with Gasteiger partial charge in [0, 0.05) is 28.6 Å². The maximum absolute atomic E-state index is 13.1. The van der Waals surface area contributed by atoms with Gasteiger partial charge in [-0.15, -0.1) is 0 Å². The molecular formula is C22H25IN2O2. The molecule has 0 aromatic heterocycles. The van der Waals surface area contributed by atoms with Gasteiger partial charge in [0.05, 0.1) is 0 Å². The maximum atomic E-state index is 13.1. The molecule has 2 aromatic rings. The maximum Gasteiger partial charge on any atom is 0.247 e. The topological polar surface area (TPSA) is 49.4 Å². The number of halogens is 1. The van der Waals surface area contributed by atoms with Gasteiger partial charge in [-0.2, -0.15) is 0 Å². The lowest BCUT2D eigenvalue weighted by Gasteiger charge is -2.36. The number of anilines is 1. The molecule has 0 bridgehead atoms. The number of carbonyl (C=O) groups is 2. The number of amides is 2. The molecule has 0 radical (unpaired) electrons. The molecule has 5 heteroatoms. The molecule has 3 rings (SSSR count). The summed E-state index contributed by atoms with van der Waals surface area (Å²) in [5.74, 6) is 0.182. The van der Waals surface area contributed by atoms with Gasteiger partial charge in [-0.1, -0.05) is 38.1 Å². The minimum atomic E-state index is -0.482. The fraction of sp³-hybridized carbons (Fsp3) is 0.364. The van der Waals surface area contributed by atoms with Gasteiger partial charge in [0.15, 0.2) is 0 Å². The number of fused-ring (bicyclic) bond motifs is 1. The van der Waals surface area contributed by atoms with Gasteiger partial charge in [0.25, 0.3) is 0 Å². The summed E-state index contributed by atoms with van der Waals surface area (Å²) in [7, 11) is 0. The third kappa shape index (κ3) is 4.69. The summed E-state index contributed by atoms with van der Waals surface area (Å²) in [6, 6.07) is 13.5. The molecule has 0 saturated heterocycles. The highest BCUT2D eigenvalue weighted by molar-refractivity contribution is 14.1. The van der Waals surface area contributed by atoms with Crippen LogP contribution in [0.2, 0.25) is 0 Å². The van der Waals surface area contributed by atoms with Gasteiger partial charge in [0.2, 0.25) is 11.8 Å². The Labute approximate surface area is 174 Å². The number of aryl methyl sites for hydroxylation is 1. The van der Waals surface area contributed by atoms with Crippen molar-refractivity contribution in [3.63, 3.8) is 0 Å². The largest absolute Gasteiger partial charge is 0.326 e. The highest BCUT2D eigenvalue weighted by atomic mass is 127. The molecule has 0 fully saturated rings. The SMILES string of the molecule is Cc1cc(I)ccc1NC(=O)C1Cc2ccccc2CN1C(=O)CC(C)C. The molecule has 1 atom stereocenters. The van der Waals surface area contributed by atoms with Crippen LogP contribution in [0, 0.1) is 16.4 Å². The van der Waals surface area contributed by atoms with Crippen molar-refractivity contribution in [2.24, 2.45) is 5.92 Å². The molecule has 0 aliphatic carbocycles. The van der Waals surface area contributed by atoms with Gasteiger partial charge >= 0.3 is 0 Å². The van der Waals surface area contributed by atoms with E-state index in [4.69, 9.17) is 0 Å². The summed E-state index contributed by atoms with van der Waals surface area (Å²) in [5.41, 5.74) is 4.09. The second kappa shape index (κ2) is 8.42. The first-order chi connectivity index (χ1) is 12.8. The summed E-state index contributed by atoms with van der Waals surface area (Å²) in [5, 5.41) is 3.04. The van der Waals surface area contributed by atoms with Crippen molar-refractivity contribution in [2.75, 3.05) is 5.32 Å². The molecule has 2 aromatic carbocycles. The lowest BCUT2D eigenvalue weighted by atomic mass is 9.92. The zero-order valence-electron chi connectivity index (χ0n) is 16.0. The summed E-state index contributed by atoms with van der Waals surface area (Å²) in [6.45, 7) is 6.53. The Morgan fingerprint density at radius 3 is 2.56 bits per heavy atom. The van der Waals surface area contributed by atoms with Crippen molar-refractivity contribution in [3.05, 3.63) is 62.7 Å². The molecule has 1 unspecified atom stereocenters. The standard InChI is InChI=1S/C22H25IN2O2/c1-14(2)10-21(26)25-13-17-7-5-4-6-16(17)12-20(25)22(27)24-19-9-8-18(23)11-15(19)3/h4-9,11,14,20H,10,12-13H2,1-3H3,(H,24,27). The van der Waals surface area contributed by atoms with Crippen LogP contribution in [-0.2, 0) is 22.6 Å². The second-order valence-corrected chi connectivity index (χ2v) is 8.80. The molecule has 0 spiro atoms. The van der Waals surface area contributed by atoms with Crippen molar-refractivity contribution in [3.8, 4) is 0 Å². The van der Waals surface area contributed by atoms with Crippen LogP contribution in [0.25, 0.3) is 0 Å². The minimum Gasteiger partial charge on any atom is -0.326 e. The Morgan fingerprint density at radius 2 is 1.89 bits per heavy atom. The first kappa shape index (κ1) is 19.9. The van der Waals surface area contributed by atoms with Gasteiger partial charge in [-0.25, -0.2) is 0 Å². The molecule has 1 heterocycles. The average Bonchev–Trinajstić information content (AvgIpc) is 2.62. The van der Waals surface area contributed by atoms with Crippen LogP contribution in [0.5, 0.6) is 0 Å². The van der Waals surface area contributed by atoms with Crippen LogP contribution in [0.1, 0.15) is 37.0 Å². The number of benzene rings is 2. The van der Waals surface area contributed by atoms with E-state index < -0.39 is 6.04 Å². The van der Waals surface area contributed by atoms with Crippen molar-refractivity contribution in [1.29, 1.82) is 0 Å². The number of carbonyl (C=O) groups excluding carboxylic acids is 2. The third-order valence-corrected chi connectivity index (χ3v) is 5.57. The first-order valence-electron chi connectivity index (χ1n) is 9.28. The van der Waals surface area contributed by atoms with Crippen LogP contribution < -0.4 is 5.32 Å². The van der Waals surface area contributed by atoms with Gasteiger partial charge in [-0.3, -0.25) is 9.59 Å². The van der Waals surface area contributed by atoms with E-state index in [1.807, 2.05) is 57.2 Å². The quantitative estimate of drug-likeness (QED) is 0.659. The van der Waals surface area contributed by atoms with Crippen molar-refractivity contribution in [2.45, 2.75) is 46.2 Å². The Morgan fingerprint density at radius 1 is 1.19 bits per heavy atom. The van der Waals surface area contributed by atoms with E-state index in [9.17, 15) is 9.59 Å². The Bertz CT molecular complexity index is 863. The van der Waals surface area contributed by atoms with Gasteiger partial charge in [-0.05, 0) is 70.3 Å². The normalized spacial score (nSPS) is 16.2. The third-order valence-electron chi connectivity index (χ3n) is 4.90. The molecule has 4 nitrogen and oxygen atoms in total. The van der Waals surface area contributed by atoms with Crippen molar-refractivity contribution in [1.82, 2.24) is 4.90 Å². The second-order valence-electron chi connectivity index (χ2n) is 7.56. The van der Waals surface area contributed by atoms with E-state index in [0.717, 1.165) is 25.9 Å². The molecule has 2 amide bonds. The lowest BCUT2D eigenvalue weighted by molar-refractivity contribution is -0.140. The lowest BCUT2D eigenvalue weighted by Crippen LogP contribution is -2.50. The molecule has 1 aliphatic heterocycles. The molecule has 1 aliphatic rings. The minimum absolute atomic E-state index is 0.0407. The van der Waals surface area contributed by atoms with E-state index in [0.29, 0.717) is 19.4 Å². The van der Waals surface area contributed by atoms with Crippen LogP contribution in [0.15, 0.2) is 42.5 Å². The van der Waals surface area contributed by atoms with E-state index >= 15 is 0 Å². The van der Waals surface area contributed by atoms with E-state index in [1.54, 1.807) is 4.90 Å². The summed E-state index contributed by atoms with van der Waals surface area (Å²) in [6.07, 6.45) is 1.00. The zero-order valence-corrected chi connectivity index (χ0v) is 18.1. The first-order valence-corrected chi connectivity index (χ1v) is 10.4. The fourth-order valence-corrected chi connectivity index (χ4v) is 4.12. The van der Waals surface area contributed by atoms with Crippen molar-refractivity contribution < 1.29 is 9.59 Å². The van der Waals surface area contributed by atoms with Crippen LogP contribution >= 0.6 is 22.6 Å². The smallest absolute Gasteiger partial charge is 0.247 e.